The summed E-state index contributed by atoms with van der Waals surface area (Å²) in [5.41, 5.74) is 2.10. The van der Waals surface area contributed by atoms with E-state index in [4.69, 9.17) is 11.6 Å². The Kier molecular flexibility index (Phi) is 13.0. The van der Waals surface area contributed by atoms with Crippen LogP contribution in [-0.2, 0) is 12.8 Å². The number of amides is 1. The summed E-state index contributed by atoms with van der Waals surface area (Å²) in [6, 6.07) is 12.6. The lowest BCUT2D eigenvalue weighted by molar-refractivity contribution is 0.0954. The zero-order valence-corrected chi connectivity index (χ0v) is 27.4. The zero-order valence-electron chi connectivity index (χ0n) is 26.3. The maximum Gasteiger partial charge on any atom is 0.434 e. The van der Waals surface area contributed by atoms with Gasteiger partial charge in [0.2, 0.25) is 0 Å². The molecule has 0 bridgehead atoms. The Bertz CT molecular complexity index is 1980. The number of alkyl halides is 1. The highest BCUT2D eigenvalue weighted by atomic mass is 127. The number of hydrogen-bond acceptors (Lipinski definition) is 7. The lowest BCUT2D eigenvalue weighted by Gasteiger charge is -2.13. The minimum atomic E-state index is -1.29. The number of H-pyrrole nitrogens is 1. The number of nitrogen functional groups attached to an aromatic ring is 1. The summed E-state index contributed by atoms with van der Waals surface area (Å²) in [5.74, 6) is -3.00. The molecule has 0 atom stereocenters. The van der Waals surface area contributed by atoms with Gasteiger partial charge in [0.1, 0.15) is 11.6 Å². The second kappa shape index (κ2) is 17.4. The molecule has 254 valence electrons. The molecule has 1 amide bonds. The number of rotatable bonds is 8. The maximum atomic E-state index is 14.2. The fraction of sp³-hybridized carbons (Fsp3) is 0.156. The van der Waals surface area contributed by atoms with Crippen LogP contribution in [0, 0.1) is 34.9 Å². The van der Waals surface area contributed by atoms with Gasteiger partial charge in [-0.15, -0.1) is 5.10 Å². The molecule has 48 heavy (non-hydrogen) atoms. The Labute approximate surface area is 285 Å². The number of carbonyl (C=O) groups excluding carboxylic acids is 1. The maximum absolute atomic E-state index is 14.2. The Morgan fingerprint density at radius 3 is 1.79 bits per heavy atom. The topological polar surface area (TPSA) is 138 Å². The molecule has 0 aliphatic rings. The van der Waals surface area contributed by atoms with E-state index in [-0.39, 0.29) is 34.1 Å². The summed E-state index contributed by atoms with van der Waals surface area (Å²) in [7, 11) is 0. The number of benzene rings is 4. The summed E-state index contributed by atoms with van der Waals surface area (Å²) < 4.78 is 94.1. The molecule has 5 aromatic rings. The van der Waals surface area contributed by atoms with Gasteiger partial charge in [-0.1, -0.05) is 48.6 Å². The fourth-order valence-corrected chi connectivity index (χ4v) is 4.17. The van der Waals surface area contributed by atoms with Crippen LogP contribution < -0.4 is 27.7 Å². The molecule has 0 aliphatic carbocycles. The van der Waals surface area contributed by atoms with Crippen LogP contribution >= 0.6 is 22.6 Å². The first-order valence-electron chi connectivity index (χ1n) is 14.6. The van der Waals surface area contributed by atoms with Gasteiger partial charge in [-0.25, -0.2) is 42.1 Å². The number of aromatic nitrogens is 2. The molecule has 0 radical (unpaired) electrons. The van der Waals surface area contributed by atoms with E-state index in [2.05, 4.69) is 15.7 Å². The van der Waals surface area contributed by atoms with Crippen LogP contribution in [0.1, 0.15) is 36.7 Å². The van der Waals surface area contributed by atoms with Crippen molar-refractivity contribution in [3.63, 3.8) is 0 Å². The summed E-state index contributed by atoms with van der Waals surface area (Å²) in [6.07, 6.45) is 1.27. The van der Waals surface area contributed by atoms with Gasteiger partial charge >= 0.3 is 5.76 Å². The van der Waals surface area contributed by atoms with E-state index in [1.165, 1.54) is 30.3 Å². The van der Waals surface area contributed by atoms with Crippen molar-refractivity contribution in [2.75, 3.05) is 15.5 Å². The van der Waals surface area contributed by atoms with E-state index in [1.807, 2.05) is 47.0 Å². The molecule has 6 N–H and O–H groups in total. The highest BCUT2D eigenvalue weighted by Crippen LogP contribution is 2.33. The molecule has 0 saturated carbocycles. The average molecular weight is 788 g/mol. The Morgan fingerprint density at radius 2 is 1.33 bits per heavy atom. The Hall–Kier alpha value is -4.84. The summed E-state index contributed by atoms with van der Waals surface area (Å²) in [4.78, 5) is 23.2. The monoisotopic (exact) mass is 787 g/mol. The van der Waals surface area contributed by atoms with Crippen LogP contribution in [0.15, 0.2) is 69.9 Å². The quantitative estimate of drug-likeness (QED) is 0.0270. The van der Waals surface area contributed by atoms with Crippen LogP contribution in [-0.4, -0.2) is 21.0 Å². The number of nitrogens with zero attached hydrogens (tertiary/aromatic N) is 1. The third-order valence-electron chi connectivity index (χ3n) is 6.64. The van der Waals surface area contributed by atoms with E-state index in [0.717, 1.165) is 29.3 Å². The van der Waals surface area contributed by atoms with E-state index in [0.29, 0.717) is 17.7 Å². The largest absolute Gasteiger partial charge is 0.434 e. The SMILES string of the molecule is CCc1ccc(Nc2c(-c3n[nH]c(=O)o3)ccc(F)c2F)c(F)c1.CCc1ccc(Nc2c(C(=O)NN)ccc(F)c2F)c(F)c1.[2H]CI. The number of hydrogen-bond donors (Lipinski definition) is 5. The molecular formula is C32H29F6IN6O3. The van der Waals surface area contributed by atoms with Crippen LogP contribution in [0.3, 0.4) is 0 Å². The van der Waals surface area contributed by atoms with Gasteiger partial charge in [0.15, 0.2) is 23.3 Å². The molecule has 16 heteroatoms. The third kappa shape index (κ3) is 8.94. The van der Waals surface area contributed by atoms with Crippen molar-refractivity contribution in [2.24, 2.45) is 5.84 Å². The lowest BCUT2D eigenvalue weighted by Crippen LogP contribution is -2.30. The molecule has 0 saturated heterocycles. The summed E-state index contributed by atoms with van der Waals surface area (Å²) in [6.45, 7) is 3.73. The fourth-order valence-electron chi connectivity index (χ4n) is 4.17. The standard InChI is InChI=1S/C16H12F3N3O2.C15H14F3N3O.CH3I/c1-2-8-3-6-12(11(18)7-8)20-14-9(4-5-10(17)13(14)19)15-21-22-16(23)24-15;1-2-8-3-6-12(11(17)7-8)20-14-9(15(22)21-19)4-5-10(16)13(14)18;1-2/h3-7,20H,2H2,1H3,(H,22,23);3-7,20H,2,19H2,1H3,(H,21,22);1H3/i;;1D. The molecule has 0 spiro atoms. The second-order valence-electron chi connectivity index (χ2n) is 9.55. The molecule has 1 heterocycles. The van der Waals surface area contributed by atoms with Crippen molar-refractivity contribution < 1.29 is 36.9 Å². The number of aryl methyl sites for hydroxylation is 2. The van der Waals surface area contributed by atoms with Crippen molar-refractivity contribution in [2.45, 2.75) is 26.7 Å². The van der Waals surface area contributed by atoms with E-state index in [9.17, 15) is 35.9 Å². The van der Waals surface area contributed by atoms with Gasteiger partial charge in [-0.2, -0.15) is 0 Å². The number of hydrazine groups is 1. The van der Waals surface area contributed by atoms with Gasteiger partial charge in [0.25, 0.3) is 11.8 Å². The van der Waals surface area contributed by atoms with E-state index >= 15 is 0 Å². The number of halogens is 7. The number of carbonyl (C=O) groups is 1. The predicted octanol–water partition coefficient (Wildman–Crippen LogP) is 7.82. The molecular weight excluding hydrogens is 757 g/mol. The van der Waals surface area contributed by atoms with Crippen LogP contribution in [0.5, 0.6) is 0 Å². The molecule has 9 nitrogen and oxygen atoms in total. The number of anilines is 4. The van der Waals surface area contributed by atoms with Crippen LogP contribution in [0.2, 0.25) is 0 Å². The van der Waals surface area contributed by atoms with Gasteiger partial charge < -0.3 is 15.1 Å². The van der Waals surface area contributed by atoms with E-state index in [1.54, 1.807) is 12.1 Å². The van der Waals surface area contributed by atoms with Gasteiger partial charge in [-0.05, 0) is 77.4 Å². The summed E-state index contributed by atoms with van der Waals surface area (Å²) in [5, 5.41) is 10.5. The second-order valence-corrected chi connectivity index (χ2v) is 9.55. The first-order valence-corrected chi connectivity index (χ1v) is 15.4. The molecule has 4 aromatic carbocycles. The minimum absolute atomic E-state index is 0.0220. The normalized spacial score (nSPS) is 10.6. The predicted molar refractivity (Wildman–Crippen MR) is 179 cm³/mol. The minimum Gasteiger partial charge on any atom is -0.388 e. The van der Waals surface area contributed by atoms with Gasteiger partial charge in [0.05, 0.1) is 33.9 Å². The molecule has 0 fully saturated rings. The molecule has 0 unspecified atom stereocenters. The van der Waals surface area contributed by atoms with E-state index < -0.39 is 52.3 Å². The van der Waals surface area contributed by atoms with Crippen molar-refractivity contribution >= 4 is 51.2 Å². The highest BCUT2D eigenvalue weighted by molar-refractivity contribution is 14.1. The molecule has 1 aromatic heterocycles. The number of aromatic amines is 1. The Balaban J connectivity index is 0.000000247. The Morgan fingerprint density at radius 1 is 0.833 bits per heavy atom. The first-order chi connectivity index (χ1) is 23.4. The lowest BCUT2D eigenvalue weighted by atomic mass is 10.1. The highest BCUT2D eigenvalue weighted by Gasteiger charge is 2.21. The molecule has 0 aliphatic heterocycles. The van der Waals surface area contributed by atoms with Crippen molar-refractivity contribution in [1.82, 2.24) is 15.6 Å². The third-order valence-corrected chi connectivity index (χ3v) is 6.64. The van der Waals surface area contributed by atoms with Gasteiger partial charge in [0, 0.05) is 1.37 Å². The van der Waals surface area contributed by atoms with Crippen molar-refractivity contribution in [1.29, 1.82) is 0 Å². The van der Waals surface area contributed by atoms with Crippen molar-refractivity contribution in [3.05, 3.63) is 123 Å². The van der Waals surface area contributed by atoms with Gasteiger partial charge in [-0.3, -0.25) is 10.2 Å². The van der Waals surface area contributed by atoms with Crippen molar-refractivity contribution in [3.8, 4) is 11.5 Å². The number of nitrogens with one attached hydrogen (secondary N) is 4. The molecule has 5 rings (SSSR count). The zero-order chi connectivity index (χ0) is 36.2. The first kappa shape index (κ1) is 36.0. The number of nitrogens with two attached hydrogens (primary N) is 1. The smallest absolute Gasteiger partial charge is 0.388 e. The summed E-state index contributed by atoms with van der Waals surface area (Å²) >= 11 is 1.96. The average Bonchev–Trinajstić information content (AvgIpc) is 3.53. The van der Waals surface area contributed by atoms with Crippen LogP contribution in [0.25, 0.3) is 11.5 Å². The van der Waals surface area contributed by atoms with Crippen LogP contribution in [0.4, 0.5) is 49.1 Å².